The number of carbonyl (C=O) groups excluding carboxylic acids is 1. The number of amidine groups is 1. The number of alkyl carbamates (subject to hydrolysis) is 1. The molecule has 1 aliphatic rings. The van der Waals surface area contributed by atoms with Crippen LogP contribution in [0.2, 0.25) is 0 Å². The van der Waals surface area contributed by atoms with Gasteiger partial charge in [0.1, 0.15) is 18.1 Å². The number of nitrogens with two attached hydrogens (primary N) is 1. The molecule has 186 valence electrons. The zero-order chi connectivity index (χ0) is 24.5. The van der Waals surface area contributed by atoms with E-state index < -0.39 is 8.43 Å². The Kier molecular flexibility index (Phi) is 11.2. The summed E-state index contributed by atoms with van der Waals surface area (Å²) in [5.41, 5.74) is 6.94. The molecule has 1 fully saturated rings. The maximum absolute atomic E-state index is 12.2. The Morgan fingerprint density at radius 2 is 2.21 bits per heavy atom. The third-order valence-electron chi connectivity index (χ3n) is 4.60. The van der Waals surface area contributed by atoms with Gasteiger partial charge in [-0.2, -0.15) is 5.10 Å². The Labute approximate surface area is 218 Å². The summed E-state index contributed by atoms with van der Waals surface area (Å²) in [7, 11) is 0. The van der Waals surface area contributed by atoms with E-state index in [1.165, 1.54) is 0 Å². The van der Waals surface area contributed by atoms with Crippen molar-refractivity contribution in [1.82, 2.24) is 15.1 Å². The molecule has 1 unspecified atom stereocenters. The molecule has 0 saturated carbocycles. The molecule has 0 bridgehead atoms. The Bertz CT molecular complexity index is 827. The van der Waals surface area contributed by atoms with Crippen LogP contribution in [0.25, 0.3) is 0 Å². The lowest BCUT2D eigenvalue weighted by Gasteiger charge is -2.22. The minimum atomic E-state index is -1.22. The number of hydrogen-bond acceptors (Lipinski definition) is 7. The third-order valence-corrected chi connectivity index (χ3v) is 5.13. The Balaban J connectivity index is 1.99. The van der Waals surface area contributed by atoms with E-state index in [0.717, 1.165) is 32.3 Å². The van der Waals surface area contributed by atoms with E-state index in [1.54, 1.807) is 45.7 Å². The molecule has 1 aromatic rings. The van der Waals surface area contributed by atoms with Crippen molar-refractivity contribution >= 4 is 63.4 Å². The number of nitrogens with one attached hydrogen (secondary N) is 1. The fourth-order valence-electron chi connectivity index (χ4n) is 2.70. The Hall–Kier alpha value is -1.08. The van der Waals surface area contributed by atoms with Gasteiger partial charge < -0.3 is 19.9 Å². The van der Waals surface area contributed by atoms with Gasteiger partial charge in [-0.05, 0) is 48.3 Å². The smallest absolute Gasteiger partial charge is 0.412 e. The zero-order valence-electron chi connectivity index (χ0n) is 19.2. The standard InChI is InChI=1S/C21H32Cl2IN5O4/c1-20(2,3)16(25)11-17(28-19(30)33-14-21(22,23)24)27-15-12-26-29(13-15)8-6-10-32-18-7-4-5-9-31-18/h11-13,18H,4-10,14,25H2,1-3H3,(H,27,28,30). The molecule has 3 N–H and O–H groups in total. The van der Waals surface area contributed by atoms with Gasteiger partial charge in [-0.25, -0.2) is 9.79 Å². The second-order valence-electron chi connectivity index (χ2n) is 8.65. The summed E-state index contributed by atoms with van der Waals surface area (Å²) in [4.78, 5) is 16.6. The van der Waals surface area contributed by atoms with E-state index in [2.05, 4.69) is 15.4 Å². The number of aromatic nitrogens is 2. The summed E-state index contributed by atoms with van der Waals surface area (Å²) in [5.74, 6) is 0.216. The van der Waals surface area contributed by atoms with Crippen LogP contribution in [0.3, 0.4) is 0 Å². The van der Waals surface area contributed by atoms with Crippen LogP contribution in [0, 0.1) is 5.41 Å². The Morgan fingerprint density at radius 1 is 1.45 bits per heavy atom. The van der Waals surface area contributed by atoms with E-state index in [-0.39, 0.29) is 24.1 Å². The molecule has 33 heavy (non-hydrogen) atoms. The second kappa shape index (κ2) is 13.1. The lowest BCUT2D eigenvalue weighted by molar-refractivity contribution is -0.163. The van der Waals surface area contributed by atoms with Crippen molar-refractivity contribution in [1.29, 1.82) is 0 Å². The number of allylic oxidation sites excluding steroid dienone is 1. The minimum absolute atomic E-state index is 0.0973. The van der Waals surface area contributed by atoms with E-state index >= 15 is 0 Å². The van der Waals surface area contributed by atoms with Crippen LogP contribution in [0.4, 0.5) is 10.5 Å². The van der Waals surface area contributed by atoms with E-state index in [4.69, 9.17) is 43.1 Å². The predicted molar refractivity (Wildman–Crippen MR) is 138 cm³/mol. The van der Waals surface area contributed by atoms with Gasteiger partial charge >= 0.3 is 6.09 Å². The Morgan fingerprint density at radius 3 is 2.85 bits per heavy atom. The number of ether oxygens (including phenoxy) is 3. The van der Waals surface area contributed by atoms with Gasteiger partial charge in [-0.3, -0.25) is 10.00 Å². The number of carbonyl (C=O) groups is 1. The van der Waals surface area contributed by atoms with Gasteiger partial charge in [-0.1, -0.05) is 44.0 Å². The lowest BCUT2D eigenvalue weighted by atomic mass is 9.92. The predicted octanol–water partition coefficient (Wildman–Crippen LogP) is 5.03. The molecule has 0 radical (unpaired) electrons. The molecule has 2 rings (SSSR count). The average Bonchev–Trinajstić information content (AvgIpc) is 3.16. The molecule has 9 nitrogen and oxygen atoms in total. The highest BCUT2D eigenvalue weighted by Crippen LogP contribution is 2.29. The van der Waals surface area contributed by atoms with Crippen LogP contribution in [0.15, 0.2) is 29.2 Å². The molecule has 1 atom stereocenters. The highest BCUT2D eigenvalue weighted by atomic mass is 127. The quantitative estimate of drug-likeness (QED) is 0.132. The SMILES string of the molecule is CC(C)(C)C(N)=CC(=Nc1cnn(CCCOC2CCCCO2)c1)NC(=O)OCC(Cl)(Cl)I. The summed E-state index contributed by atoms with van der Waals surface area (Å²) in [6.45, 7) is 7.69. The number of nitrogens with zero attached hydrogens (tertiary/aromatic N) is 3. The van der Waals surface area contributed by atoms with Crippen LogP contribution >= 0.6 is 45.8 Å². The van der Waals surface area contributed by atoms with Crippen LogP contribution in [0.5, 0.6) is 0 Å². The first kappa shape index (κ1) is 28.2. The first-order valence-electron chi connectivity index (χ1n) is 10.7. The molecule has 1 aromatic heterocycles. The summed E-state index contributed by atoms with van der Waals surface area (Å²) in [6, 6.07) is 0. The van der Waals surface area contributed by atoms with Crippen LogP contribution < -0.4 is 11.1 Å². The van der Waals surface area contributed by atoms with Crippen molar-refractivity contribution in [2.45, 2.75) is 61.6 Å². The summed E-state index contributed by atoms with van der Waals surface area (Å²) in [5, 5.41) is 6.90. The van der Waals surface area contributed by atoms with Crippen LogP contribution in [-0.2, 0) is 20.8 Å². The maximum atomic E-state index is 12.2. The number of halogens is 3. The summed E-state index contributed by atoms with van der Waals surface area (Å²) in [6.07, 6.45) is 8.09. The third kappa shape index (κ3) is 11.7. The molecule has 0 spiro atoms. The topological polar surface area (TPSA) is 113 Å². The van der Waals surface area contributed by atoms with Crippen molar-refractivity contribution < 1.29 is 19.0 Å². The zero-order valence-corrected chi connectivity index (χ0v) is 22.8. The van der Waals surface area contributed by atoms with Gasteiger partial charge in [0.25, 0.3) is 0 Å². The molecule has 2 heterocycles. The first-order valence-corrected chi connectivity index (χ1v) is 12.6. The van der Waals surface area contributed by atoms with Crippen molar-refractivity contribution in [2.75, 3.05) is 19.8 Å². The lowest BCUT2D eigenvalue weighted by Crippen LogP contribution is -2.33. The molecule has 12 heteroatoms. The minimum Gasteiger partial charge on any atom is -0.445 e. The number of aliphatic imine (C=N–C) groups is 1. The van der Waals surface area contributed by atoms with E-state index in [9.17, 15) is 4.79 Å². The molecule has 0 aromatic carbocycles. The van der Waals surface area contributed by atoms with Crippen molar-refractivity contribution in [2.24, 2.45) is 16.1 Å². The van der Waals surface area contributed by atoms with Gasteiger partial charge in [0, 0.05) is 30.3 Å². The monoisotopic (exact) mass is 615 g/mol. The molecule has 1 aliphatic heterocycles. The number of rotatable bonds is 9. The van der Waals surface area contributed by atoms with Gasteiger partial charge in [0.15, 0.2) is 6.29 Å². The fraction of sp³-hybridized carbons (Fsp3) is 0.667. The van der Waals surface area contributed by atoms with Crippen molar-refractivity contribution in [3.05, 3.63) is 24.2 Å². The first-order chi connectivity index (χ1) is 15.4. The van der Waals surface area contributed by atoms with Gasteiger partial charge in [0.05, 0.1) is 19.0 Å². The average molecular weight is 616 g/mol. The fourth-order valence-corrected chi connectivity index (χ4v) is 2.97. The number of hydrogen-bond donors (Lipinski definition) is 2. The molecular formula is C21H32Cl2IN5O4. The molecule has 1 saturated heterocycles. The van der Waals surface area contributed by atoms with E-state index in [0.29, 0.717) is 24.5 Å². The highest BCUT2D eigenvalue weighted by molar-refractivity contribution is 14.1. The van der Waals surface area contributed by atoms with Crippen LogP contribution in [-0.4, -0.2) is 50.2 Å². The molecule has 0 aliphatic carbocycles. The van der Waals surface area contributed by atoms with E-state index in [1.807, 2.05) is 20.8 Å². The largest absolute Gasteiger partial charge is 0.445 e. The summed E-state index contributed by atoms with van der Waals surface area (Å²) < 4.78 is 16.9. The number of amides is 1. The van der Waals surface area contributed by atoms with Crippen LogP contribution in [0.1, 0.15) is 46.5 Å². The van der Waals surface area contributed by atoms with Crippen molar-refractivity contribution in [3.63, 3.8) is 0 Å². The van der Waals surface area contributed by atoms with Gasteiger partial charge in [-0.15, -0.1) is 0 Å². The molecule has 1 amide bonds. The highest BCUT2D eigenvalue weighted by Gasteiger charge is 2.22. The number of alkyl halides is 3. The number of aryl methyl sites for hydroxylation is 1. The second-order valence-corrected chi connectivity index (χ2v) is 13.2. The van der Waals surface area contributed by atoms with Crippen molar-refractivity contribution in [3.8, 4) is 0 Å². The normalized spacial score (nSPS) is 18.3. The maximum Gasteiger partial charge on any atom is 0.412 e. The molecular weight excluding hydrogens is 584 g/mol. The summed E-state index contributed by atoms with van der Waals surface area (Å²) >= 11 is 13.4. The van der Waals surface area contributed by atoms with Gasteiger partial charge in [0.2, 0.25) is 2.34 Å².